The molecule has 0 bridgehead atoms. The van der Waals surface area contributed by atoms with Crippen molar-refractivity contribution in [1.82, 2.24) is 15.4 Å². The minimum atomic E-state index is -0.285. The number of aryl methyl sites for hydroxylation is 1. The van der Waals surface area contributed by atoms with Gasteiger partial charge in [-0.3, -0.25) is 19.8 Å². The second kappa shape index (κ2) is 6.71. The highest BCUT2D eigenvalue weighted by molar-refractivity contribution is 5.93. The predicted molar refractivity (Wildman–Crippen MR) is 77.7 cm³/mol. The van der Waals surface area contributed by atoms with Gasteiger partial charge in [-0.1, -0.05) is 5.16 Å². The molecule has 0 saturated carbocycles. The Morgan fingerprint density at radius 3 is 2.90 bits per heavy atom. The number of anilines is 1. The maximum absolute atomic E-state index is 12.2. The highest BCUT2D eigenvalue weighted by atomic mass is 16.5. The molecule has 7 heteroatoms. The van der Waals surface area contributed by atoms with Crippen molar-refractivity contribution in [3.05, 3.63) is 11.8 Å². The van der Waals surface area contributed by atoms with Crippen LogP contribution in [0, 0.1) is 6.92 Å². The lowest BCUT2D eigenvalue weighted by molar-refractivity contribution is -0.121. The molecule has 116 valence electrons. The molecule has 1 aliphatic heterocycles. The summed E-state index contributed by atoms with van der Waals surface area (Å²) in [5.74, 6) is 0.200. The van der Waals surface area contributed by atoms with Gasteiger partial charge in [0.05, 0.1) is 11.7 Å². The van der Waals surface area contributed by atoms with E-state index in [1.807, 2.05) is 6.92 Å². The van der Waals surface area contributed by atoms with Crippen LogP contribution in [0.25, 0.3) is 0 Å². The van der Waals surface area contributed by atoms with Gasteiger partial charge in [-0.25, -0.2) is 0 Å². The van der Waals surface area contributed by atoms with Gasteiger partial charge in [0.1, 0.15) is 0 Å². The number of carbonyl (C=O) groups excluding carboxylic acids is 2. The number of aromatic nitrogens is 1. The summed E-state index contributed by atoms with van der Waals surface area (Å²) >= 11 is 0. The molecule has 21 heavy (non-hydrogen) atoms. The first kappa shape index (κ1) is 15.5. The van der Waals surface area contributed by atoms with Crippen molar-refractivity contribution in [2.45, 2.75) is 45.7 Å². The summed E-state index contributed by atoms with van der Waals surface area (Å²) < 4.78 is 4.99. The maximum Gasteiger partial charge on any atom is 0.243 e. The Bertz CT molecular complexity index is 514. The lowest BCUT2D eigenvalue weighted by Gasteiger charge is -2.36. The van der Waals surface area contributed by atoms with E-state index in [0.29, 0.717) is 12.4 Å². The van der Waals surface area contributed by atoms with Crippen molar-refractivity contribution in [3.8, 4) is 0 Å². The van der Waals surface area contributed by atoms with E-state index in [1.165, 1.54) is 6.92 Å². The molecule has 2 rings (SSSR count). The van der Waals surface area contributed by atoms with Crippen LogP contribution in [-0.2, 0) is 9.59 Å². The van der Waals surface area contributed by atoms with Crippen LogP contribution in [0.5, 0.6) is 0 Å². The molecule has 0 aliphatic carbocycles. The zero-order valence-corrected chi connectivity index (χ0v) is 12.7. The number of likely N-dealkylation sites (tertiary alicyclic amines) is 1. The Labute approximate surface area is 124 Å². The molecule has 2 heterocycles. The van der Waals surface area contributed by atoms with Crippen LogP contribution in [0.1, 0.15) is 32.4 Å². The number of piperidine rings is 1. The fraction of sp³-hybridized carbons (Fsp3) is 0.643. The molecule has 1 aliphatic rings. The number of nitrogens with zero attached hydrogens (tertiary/aromatic N) is 2. The van der Waals surface area contributed by atoms with Gasteiger partial charge < -0.3 is 9.84 Å². The Balaban J connectivity index is 1.90. The molecule has 2 N–H and O–H groups in total. The number of hydrogen-bond acceptors (Lipinski definition) is 5. The average Bonchev–Trinajstić information content (AvgIpc) is 2.82. The quantitative estimate of drug-likeness (QED) is 0.862. The third kappa shape index (κ3) is 4.29. The van der Waals surface area contributed by atoms with E-state index in [9.17, 15) is 9.59 Å². The Hall–Kier alpha value is -1.89. The van der Waals surface area contributed by atoms with Gasteiger partial charge in [0.2, 0.25) is 17.7 Å². The largest absolute Gasteiger partial charge is 0.352 e. The highest BCUT2D eigenvalue weighted by Gasteiger charge is 2.28. The van der Waals surface area contributed by atoms with E-state index in [2.05, 4.69) is 20.7 Å². The molecule has 0 unspecified atom stereocenters. The van der Waals surface area contributed by atoms with Crippen molar-refractivity contribution < 1.29 is 14.1 Å². The molecule has 0 aromatic carbocycles. The first-order valence-electron chi connectivity index (χ1n) is 7.21. The van der Waals surface area contributed by atoms with Crippen LogP contribution >= 0.6 is 0 Å². The van der Waals surface area contributed by atoms with Crippen molar-refractivity contribution in [1.29, 1.82) is 0 Å². The number of nitrogens with one attached hydrogen (secondary N) is 2. The topological polar surface area (TPSA) is 87.5 Å². The number of hydrogen-bond donors (Lipinski definition) is 2. The average molecular weight is 294 g/mol. The third-order valence-corrected chi connectivity index (χ3v) is 3.66. The Morgan fingerprint density at radius 2 is 2.29 bits per heavy atom. The third-order valence-electron chi connectivity index (χ3n) is 3.66. The minimum absolute atomic E-state index is 0.0314. The standard InChI is InChI=1S/C14H22N4O3/c1-9-7-13(21-17-9)16-14(20)10(2)18-6-4-5-12(8-18)15-11(3)19/h7,10,12H,4-6,8H2,1-3H3,(H,15,19)(H,16,20)/t10-,12+/m1/s1. The van der Waals surface area contributed by atoms with Gasteiger partial charge in [0.15, 0.2) is 0 Å². The lowest BCUT2D eigenvalue weighted by Crippen LogP contribution is -2.52. The van der Waals surface area contributed by atoms with Gasteiger partial charge in [-0.05, 0) is 33.2 Å². The van der Waals surface area contributed by atoms with Crippen molar-refractivity contribution >= 4 is 17.7 Å². The molecular formula is C14H22N4O3. The number of amides is 2. The van der Waals surface area contributed by atoms with Crippen molar-refractivity contribution in [2.75, 3.05) is 18.4 Å². The fourth-order valence-electron chi connectivity index (χ4n) is 2.58. The van der Waals surface area contributed by atoms with E-state index in [1.54, 1.807) is 13.0 Å². The van der Waals surface area contributed by atoms with Crippen LogP contribution in [-0.4, -0.2) is 47.0 Å². The zero-order chi connectivity index (χ0) is 15.4. The Kier molecular flexibility index (Phi) is 4.95. The van der Waals surface area contributed by atoms with E-state index in [0.717, 1.165) is 25.1 Å². The maximum atomic E-state index is 12.2. The molecule has 1 aromatic rings. The fourth-order valence-corrected chi connectivity index (χ4v) is 2.58. The smallest absolute Gasteiger partial charge is 0.243 e. The predicted octanol–water partition coefficient (Wildman–Crippen LogP) is 0.911. The molecule has 7 nitrogen and oxygen atoms in total. The van der Waals surface area contributed by atoms with Crippen LogP contribution in [0.2, 0.25) is 0 Å². The Morgan fingerprint density at radius 1 is 1.52 bits per heavy atom. The van der Waals surface area contributed by atoms with Crippen molar-refractivity contribution in [3.63, 3.8) is 0 Å². The van der Waals surface area contributed by atoms with Crippen LogP contribution in [0.4, 0.5) is 5.88 Å². The highest BCUT2D eigenvalue weighted by Crippen LogP contribution is 2.15. The van der Waals surface area contributed by atoms with E-state index in [-0.39, 0.29) is 23.9 Å². The molecular weight excluding hydrogens is 272 g/mol. The molecule has 1 aromatic heterocycles. The summed E-state index contributed by atoms with van der Waals surface area (Å²) in [7, 11) is 0. The second-order valence-electron chi connectivity index (χ2n) is 5.53. The summed E-state index contributed by atoms with van der Waals surface area (Å²) in [6, 6.07) is 1.51. The van der Waals surface area contributed by atoms with Gasteiger partial charge in [-0.2, -0.15) is 0 Å². The molecule has 0 radical (unpaired) electrons. The summed E-state index contributed by atoms with van der Waals surface area (Å²) in [5, 5.41) is 9.37. The van der Waals surface area contributed by atoms with Gasteiger partial charge in [-0.15, -0.1) is 0 Å². The summed E-state index contributed by atoms with van der Waals surface area (Å²) in [6.07, 6.45) is 1.91. The molecule has 2 amide bonds. The monoisotopic (exact) mass is 294 g/mol. The van der Waals surface area contributed by atoms with E-state index >= 15 is 0 Å². The number of carbonyl (C=O) groups is 2. The van der Waals surface area contributed by atoms with Crippen LogP contribution in [0.15, 0.2) is 10.6 Å². The van der Waals surface area contributed by atoms with E-state index in [4.69, 9.17) is 4.52 Å². The molecule has 1 saturated heterocycles. The first-order valence-corrected chi connectivity index (χ1v) is 7.21. The van der Waals surface area contributed by atoms with Gasteiger partial charge in [0, 0.05) is 25.6 Å². The van der Waals surface area contributed by atoms with Crippen LogP contribution in [0.3, 0.4) is 0 Å². The SMILES string of the molecule is CC(=O)N[C@H]1CCCN([C@H](C)C(=O)Nc2cc(C)no2)C1. The van der Waals surface area contributed by atoms with Gasteiger partial charge in [0.25, 0.3) is 0 Å². The van der Waals surface area contributed by atoms with E-state index < -0.39 is 0 Å². The number of rotatable bonds is 4. The molecule has 1 fully saturated rings. The summed E-state index contributed by atoms with van der Waals surface area (Å²) in [5.41, 5.74) is 0.724. The summed E-state index contributed by atoms with van der Waals surface area (Å²) in [6.45, 7) is 6.70. The lowest BCUT2D eigenvalue weighted by atomic mass is 10.0. The van der Waals surface area contributed by atoms with Crippen LogP contribution < -0.4 is 10.6 Å². The second-order valence-corrected chi connectivity index (χ2v) is 5.53. The zero-order valence-electron chi connectivity index (χ0n) is 12.7. The van der Waals surface area contributed by atoms with Crippen molar-refractivity contribution in [2.24, 2.45) is 0 Å². The normalized spacial score (nSPS) is 20.8. The molecule has 2 atom stereocenters. The molecule has 0 spiro atoms. The minimum Gasteiger partial charge on any atom is -0.352 e. The first-order chi connectivity index (χ1) is 9.95. The summed E-state index contributed by atoms with van der Waals surface area (Å²) in [4.78, 5) is 25.4. The van der Waals surface area contributed by atoms with Gasteiger partial charge >= 0.3 is 0 Å².